The SMILES string of the molecule is COc1cc(C)nc(NC(=O)NS(=O)(=O)c2[nH]c3ccccc3c2C)n1. The minimum atomic E-state index is -4.10. The number of urea groups is 1. The lowest BCUT2D eigenvalue weighted by molar-refractivity contribution is 0.256. The Labute approximate surface area is 149 Å². The summed E-state index contributed by atoms with van der Waals surface area (Å²) in [7, 11) is -2.68. The monoisotopic (exact) mass is 375 g/mol. The van der Waals surface area contributed by atoms with Gasteiger partial charge in [-0.3, -0.25) is 5.32 Å². The molecule has 3 aromatic rings. The zero-order chi connectivity index (χ0) is 18.9. The first-order valence-electron chi connectivity index (χ1n) is 7.61. The number of fused-ring (bicyclic) bond motifs is 1. The van der Waals surface area contributed by atoms with Crippen LogP contribution in [0.25, 0.3) is 10.9 Å². The summed E-state index contributed by atoms with van der Waals surface area (Å²) in [5.41, 5.74) is 1.74. The third-order valence-corrected chi connectivity index (χ3v) is 5.08. The summed E-state index contributed by atoms with van der Waals surface area (Å²) >= 11 is 0. The minimum Gasteiger partial charge on any atom is -0.481 e. The second-order valence-corrected chi connectivity index (χ2v) is 7.18. The van der Waals surface area contributed by atoms with Crippen molar-refractivity contribution in [1.29, 1.82) is 0 Å². The highest BCUT2D eigenvalue weighted by Gasteiger charge is 2.23. The fourth-order valence-corrected chi connectivity index (χ4v) is 3.68. The number of H-pyrrole nitrogens is 1. The van der Waals surface area contributed by atoms with Crippen LogP contribution in [0, 0.1) is 13.8 Å². The average Bonchev–Trinajstić information content (AvgIpc) is 2.92. The van der Waals surface area contributed by atoms with Gasteiger partial charge in [0.25, 0.3) is 10.0 Å². The molecule has 26 heavy (non-hydrogen) atoms. The number of benzene rings is 1. The summed E-state index contributed by atoms with van der Waals surface area (Å²) in [6, 6.07) is 7.75. The molecule has 0 aliphatic carbocycles. The topological polar surface area (TPSA) is 126 Å². The van der Waals surface area contributed by atoms with E-state index in [-0.39, 0.29) is 16.9 Å². The van der Waals surface area contributed by atoms with E-state index in [4.69, 9.17) is 4.74 Å². The molecule has 3 rings (SSSR count). The zero-order valence-corrected chi connectivity index (χ0v) is 15.1. The van der Waals surface area contributed by atoms with E-state index in [2.05, 4.69) is 20.3 Å². The maximum absolute atomic E-state index is 12.5. The summed E-state index contributed by atoms with van der Waals surface area (Å²) in [5, 5.41) is 2.98. The number of aromatic nitrogens is 3. The summed E-state index contributed by atoms with van der Waals surface area (Å²) in [4.78, 5) is 22.9. The van der Waals surface area contributed by atoms with Crippen LogP contribution in [0.3, 0.4) is 0 Å². The normalized spacial score (nSPS) is 11.3. The van der Waals surface area contributed by atoms with E-state index >= 15 is 0 Å². The third-order valence-electron chi connectivity index (χ3n) is 3.68. The summed E-state index contributed by atoms with van der Waals surface area (Å²) < 4.78 is 32.0. The number of anilines is 1. The van der Waals surface area contributed by atoms with Gasteiger partial charge in [-0.25, -0.2) is 14.5 Å². The fraction of sp³-hybridized carbons (Fsp3) is 0.188. The molecule has 10 heteroatoms. The molecule has 0 aliphatic rings. The number of nitrogens with zero attached hydrogens (tertiary/aromatic N) is 2. The van der Waals surface area contributed by atoms with Crippen molar-refractivity contribution < 1.29 is 17.9 Å². The van der Waals surface area contributed by atoms with Gasteiger partial charge in [-0.05, 0) is 25.5 Å². The van der Waals surface area contributed by atoms with E-state index in [0.717, 1.165) is 5.39 Å². The van der Waals surface area contributed by atoms with Crippen LogP contribution in [-0.4, -0.2) is 36.5 Å². The van der Waals surface area contributed by atoms with Gasteiger partial charge in [0, 0.05) is 22.7 Å². The van der Waals surface area contributed by atoms with Gasteiger partial charge in [0.05, 0.1) is 7.11 Å². The number of aromatic amines is 1. The van der Waals surface area contributed by atoms with Gasteiger partial charge < -0.3 is 9.72 Å². The van der Waals surface area contributed by atoms with Gasteiger partial charge in [0.1, 0.15) is 0 Å². The van der Waals surface area contributed by atoms with Gasteiger partial charge in [-0.15, -0.1) is 0 Å². The fourth-order valence-electron chi connectivity index (χ4n) is 2.53. The van der Waals surface area contributed by atoms with E-state index in [1.54, 1.807) is 38.1 Å². The van der Waals surface area contributed by atoms with Crippen LogP contribution in [0.15, 0.2) is 35.4 Å². The number of carbonyl (C=O) groups excluding carboxylic acids is 1. The molecule has 0 saturated carbocycles. The van der Waals surface area contributed by atoms with Crippen LogP contribution in [0.4, 0.5) is 10.7 Å². The number of aryl methyl sites for hydroxylation is 2. The average molecular weight is 375 g/mol. The lowest BCUT2D eigenvalue weighted by Gasteiger charge is -2.08. The Morgan fingerprint density at radius 3 is 2.62 bits per heavy atom. The van der Waals surface area contributed by atoms with Crippen molar-refractivity contribution >= 4 is 32.9 Å². The Bertz CT molecular complexity index is 1090. The minimum absolute atomic E-state index is 0.0667. The van der Waals surface area contributed by atoms with Gasteiger partial charge in [0.15, 0.2) is 5.03 Å². The molecule has 0 aliphatic heterocycles. The highest BCUT2D eigenvalue weighted by Crippen LogP contribution is 2.24. The Morgan fingerprint density at radius 2 is 1.92 bits per heavy atom. The maximum atomic E-state index is 12.5. The van der Waals surface area contributed by atoms with Crippen molar-refractivity contribution in [2.24, 2.45) is 0 Å². The number of methoxy groups -OCH3 is 1. The molecule has 1 aromatic carbocycles. The van der Waals surface area contributed by atoms with Crippen LogP contribution >= 0.6 is 0 Å². The molecule has 0 bridgehead atoms. The molecule has 0 atom stereocenters. The zero-order valence-electron chi connectivity index (χ0n) is 14.3. The number of carbonyl (C=O) groups is 1. The first-order valence-corrected chi connectivity index (χ1v) is 9.09. The Balaban J connectivity index is 1.83. The summed E-state index contributed by atoms with van der Waals surface area (Å²) in [6.07, 6.45) is 0. The molecule has 0 saturated heterocycles. The van der Waals surface area contributed by atoms with Crippen molar-refractivity contribution in [2.75, 3.05) is 12.4 Å². The predicted molar refractivity (Wildman–Crippen MR) is 95.7 cm³/mol. The Hall–Kier alpha value is -3.14. The lowest BCUT2D eigenvalue weighted by Crippen LogP contribution is -2.35. The summed E-state index contributed by atoms with van der Waals surface area (Å²) in [5.74, 6) is 0.185. The highest BCUT2D eigenvalue weighted by molar-refractivity contribution is 7.90. The van der Waals surface area contributed by atoms with Crippen LogP contribution < -0.4 is 14.8 Å². The van der Waals surface area contributed by atoms with Crippen LogP contribution in [-0.2, 0) is 10.0 Å². The van der Waals surface area contributed by atoms with Crippen molar-refractivity contribution in [3.63, 3.8) is 0 Å². The molecule has 9 nitrogen and oxygen atoms in total. The van der Waals surface area contributed by atoms with Gasteiger partial charge in [-0.1, -0.05) is 18.2 Å². The van der Waals surface area contributed by atoms with Gasteiger partial charge in [0.2, 0.25) is 11.8 Å². The Kier molecular flexibility index (Phi) is 4.51. The molecule has 3 N–H and O–H groups in total. The van der Waals surface area contributed by atoms with Crippen LogP contribution in [0.1, 0.15) is 11.3 Å². The number of amides is 2. The van der Waals surface area contributed by atoms with E-state index in [1.165, 1.54) is 7.11 Å². The highest BCUT2D eigenvalue weighted by atomic mass is 32.2. The first kappa shape index (κ1) is 17.7. The van der Waals surface area contributed by atoms with E-state index in [0.29, 0.717) is 16.8 Å². The number of rotatable bonds is 4. The lowest BCUT2D eigenvalue weighted by atomic mass is 10.2. The first-order chi connectivity index (χ1) is 12.3. The third kappa shape index (κ3) is 3.45. The second-order valence-electron chi connectivity index (χ2n) is 5.56. The molecular weight excluding hydrogens is 358 g/mol. The quantitative estimate of drug-likeness (QED) is 0.641. The number of para-hydroxylation sites is 1. The standard InChI is InChI=1S/C16H17N5O4S/c1-9-8-13(25-3)19-15(17-9)20-16(22)21-26(23,24)14-10(2)11-6-4-5-7-12(11)18-14/h4-8,18H,1-3H3,(H2,17,19,20,21,22). The van der Waals surface area contributed by atoms with E-state index in [9.17, 15) is 13.2 Å². The van der Waals surface area contributed by atoms with Crippen molar-refractivity contribution in [1.82, 2.24) is 19.7 Å². The molecule has 0 spiro atoms. The largest absolute Gasteiger partial charge is 0.481 e. The molecule has 0 unspecified atom stereocenters. The van der Waals surface area contributed by atoms with Gasteiger partial charge >= 0.3 is 6.03 Å². The number of hydrogen-bond donors (Lipinski definition) is 3. The molecule has 0 radical (unpaired) electrons. The molecular formula is C16H17N5O4S. The van der Waals surface area contributed by atoms with Crippen molar-refractivity contribution in [2.45, 2.75) is 18.9 Å². The maximum Gasteiger partial charge on any atom is 0.335 e. The molecule has 2 amide bonds. The van der Waals surface area contributed by atoms with Gasteiger partial charge in [-0.2, -0.15) is 13.4 Å². The van der Waals surface area contributed by atoms with E-state index < -0.39 is 16.1 Å². The van der Waals surface area contributed by atoms with Crippen molar-refractivity contribution in [3.8, 4) is 5.88 Å². The summed E-state index contributed by atoms with van der Waals surface area (Å²) in [6.45, 7) is 3.36. The van der Waals surface area contributed by atoms with Crippen LogP contribution in [0.2, 0.25) is 0 Å². The number of ether oxygens (including phenoxy) is 1. The Morgan fingerprint density at radius 1 is 1.19 bits per heavy atom. The number of hydrogen-bond acceptors (Lipinski definition) is 6. The predicted octanol–water partition coefficient (Wildman–Crippen LogP) is 2.09. The molecule has 2 aromatic heterocycles. The smallest absolute Gasteiger partial charge is 0.335 e. The molecule has 0 fully saturated rings. The second kappa shape index (κ2) is 6.64. The molecule has 136 valence electrons. The van der Waals surface area contributed by atoms with Crippen LogP contribution in [0.5, 0.6) is 5.88 Å². The molecule has 2 heterocycles. The number of nitrogens with one attached hydrogen (secondary N) is 3. The number of sulfonamides is 1. The van der Waals surface area contributed by atoms with E-state index in [1.807, 2.05) is 10.8 Å². The van der Waals surface area contributed by atoms with Crippen molar-refractivity contribution in [3.05, 3.63) is 41.6 Å².